The number of methoxy groups -OCH3 is 2. The molecule has 2 unspecified atom stereocenters. The molecule has 17 heavy (non-hydrogen) atoms. The summed E-state index contributed by atoms with van der Waals surface area (Å²) < 4.78 is 10.3. The Morgan fingerprint density at radius 3 is 2.65 bits per heavy atom. The van der Waals surface area contributed by atoms with E-state index in [0.717, 1.165) is 11.1 Å². The molecule has 5 nitrogen and oxygen atoms in total. The summed E-state index contributed by atoms with van der Waals surface area (Å²) in [5.41, 5.74) is 7.37. The zero-order valence-corrected chi connectivity index (χ0v) is 10.5. The fourth-order valence-electron chi connectivity index (χ4n) is 2.08. The van der Waals surface area contributed by atoms with E-state index in [1.807, 2.05) is 13.0 Å². The zero-order valence-electron chi connectivity index (χ0n) is 10.5. The molecule has 0 spiro atoms. The second-order valence-corrected chi connectivity index (χ2v) is 4.33. The van der Waals surface area contributed by atoms with Crippen molar-refractivity contribution >= 4 is 0 Å². The Kier molecular flexibility index (Phi) is 4.85. The van der Waals surface area contributed by atoms with Crippen LogP contribution in [0.5, 0.6) is 0 Å². The van der Waals surface area contributed by atoms with E-state index in [2.05, 4.69) is 0 Å². The van der Waals surface area contributed by atoms with Gasteiger partial charge in [-0.25, -0.2) is 0 Å². The largest absolute Gasteiger partial charge is 0.395 e. The number of aliphatic hydroxyl groups is 2. The molecule has 1 rings (SSSR count). The number of allylic oxidation sites excluding steroid dienone is 1. The summed E-state index contributed by atoms with van der Waals surface area (Å²) >= 11 is 0. The summed E-state index contributed by atoms with van der Waals surface area (Å²) in [6.45, 7) is 1.76. The average Bonchev–Trinajstić information content (AvgIpc) is 2.28. The number of rotatable bonds is 5. The smallest absolute Gasteiger partial charge is 0.216 e. The second-order valence-electron chi connectivity index (χ2n) is 4.33. The van der Waals surface area contributed by atoms with Crippen molar-refractivity contribution in [2.24, 2.45) is 5.73 Å². The Bertz CT molecular complexity index is 326. The van der Waals surface area contributed by atoms with E-state index in [1.54, 1.807) is 6.08 Å². The molecule has 1 aliphatic rings. The van der Waals surface area contributed by atoms with Crippen LogP contribution < -0.4 is 5.73 Å². The number of aliphatic hydroxyl groups excluding tert-OH is 1. The van der Waals surface area contributed by atoms with Gasteiger partial charge in [0.05, 0.1) is 6.61 Å². The summed E-state index contributed by atoms with van der Waals surface area (Å²) in [6, 6.07) is -0.342. The van der Waals surface area contributed by atoms with Crippen molar-refractivity contribution in [3.63, 3.8) is 0 Å². The van der Waals surface area contributed by atoms with Crippen LogP contribution in [0.1, 0.15) is 13.3 Å². The molecule has 5 heteroatoms. The van der Waals surface area contributed by atoms with Crippen molar-refractivity contribution in [2.45, 2.75) is 31.3 Å². The second kappa shape index (κ2) is 5.75. The van der Waals surface area contributed by atoms with Crippen molar-refractivity contribution in [1.29, 1.82) is 0 Å². The molecular weight excluding hydrogens is 222 g/mol. The van der Waals surface area contributed by atoms with E-state index in [9.17, 15) is 5.11 Å². The van der Waals surface area contributed by atoms with Gasteiger partial charge in [-0.05, 0) is 30.6 Å². The molecule has 0 saturated carbocycles. The van der Waals surface area contributed by atoms with Crippen LogP contribution in [0, 0.1) is 0 Å². The van der Waals surface area contributed by atoms with Gasteiger partial charge >= 0.3 is 0 Å². The highest BCUT2D eigenvalue weighted by molar-refractivity contribution is 5.35. The minimum absolute atomic E-state index is 0.0939. The number of hydrogen-bond donors (Lipinski definition) is 3. The number of ether oxygens (including phenoxy) is 2. The molecule has 1 aliphatic carbocycles. The Hall–Kier alpha value is -0.720. The lowest BCUT2D eigenvalue weighted by atomic mass is 9.89. The molecule has 0 aromatic heterocycles. The third-order valence-corrected chi connectivity index (χ3v) is 2.89. The maximum atomic E-state index is 10.3. The van der Waals surface area contributed by atoms with Gasteiger partial charge in [-0.2, -0.15) is 0 Å². The minimum atomic E-state index is -1.47. The molecule has 0 aliphatic heterocycles. The molecule has 0 saturated heterocycles. The van der Waals surface area contributed by atoms with Crippen molar-refractivity contribution in [1.82, 2.24) is 0 Å². The van der Waals surface area contributed by atoms with Gasteiger partial charge < -0.3 is 25.4 Å². The molecule has 0 aromatic carbocycles. The highest BCUT2D eigenvalue weighted by Gasteiger charge is 2.39. The fourth-order valence-corrected chi connectivity index (χ4v) is 2.08. The monoisotopic (exact) mass is 243 g/mol. The van der Waals surface area contributed by atoms with Crippen molar-refractivity contribution in [3.8, 4) is 0 Å². The highest BCUT2D eigenvalue weighted by atomic mass is 16.6. The maximum absolute atomic E-state index is 10.3. The Labute approximate surface area is 102 Å². The van der Waals surface area contributed by atoms with Gasteiger partial charge in [0.1, 0.15) is 6.10 Å². The van der Waals surface area contributed by atoms with Gasteiger partial charge in [0, 0.05) is 20.3 Å². The number of nitrogens with two attached hydrogens (primary N) is 1. The van der Waals surface area contributed by atoms with Gasteiger partial charge in [-0.1, -0.05) is 6.08 Å². The van der Waals surface area contributed by atoms with Crippen LogP contribution in [0.3, 0.4) is 0 Å². The van der Waals surface area contributed by atoms with Crippen molar-refractivity contribution in [2.75, 3.05) is 20.8 Å². The Balaban J connectivity index is 2.94. The SMILES string of the molecule is COC1C(C)=CC(CC(N)CO)=C[C@]1(O)OC. The minimum Gasteiger partial charge on any atom is -0.395 e. The Morgan fingerprint density at radius 1 is 1.53 bits per heavy atom. The van der Waals surface area contributed by atoms with Gasteiger partial charge in [-0.3, -0.25) is 0 Å². The average molecular weight is 243 g/mol. The molecule has 3 atom stereocenters. The molecule has 0 amide bonds. The molecule has 0 radical (unpaired) electrons. The molecule has 98 valence electrons. The topological polar surface area (TPSA) is 84.9 Å². The van der Waals surface area contributed by atoms with Crippen molar-refractivity contribution in [3.05, 3.63) is 23.3 Å². The maximum Gasteiger partial charge on any atom is 0.216 e. The van der Waals surface area contributed by atoms with Crippen LogP contribution in [0.25, 0.3) is 0 Å². The van der Waals surface area contributed by atoms with Crippen LogP contribution in [0.4, 0.5) is 0 Å². The predicted octanol–water partition coefficient (Wildman–Crippen LogP) is -0.0676. The normalized spacial score (nSPS) is 30.8. The number of hydrogen-bond acceptors (Lipinski definition) is 5. The summed E-state index contributed by atoms with van der Waals surface area (Å²) in [5.74, 6) is -1.47. The first-order valence-electron chi connectivity index (χ1n) is 5.53. The zero-order chi connectivity index (χ0) is 13.1. The summed E-state index contributed by atoms with van der Waals surface area (Å²) in [4.78, 5) is 0. The highest BCUT2D eigenvalue weighted by Crippen LogP contribution is 2.31. The van der Waals surface area contributed by atoms with Crippen LogP contribution in [0.15, 0.2) is 23.3 Å². The van der Waals surface area contributed by atoms with Crippen molar-refractivity contribution < 1.29 is 19.7 Å². The quantitative estimate of drug-likeness (QED) is 0.589. The van der Waals surface area contributed by atoms with E-state index in [-0.39, 0.29) is 12.6 Å². The van der Waals surface area contributed by atoms with Gasteiger partial charge in [0.15, 0.2) is 0 Å². The van der Waals surface area contributed by atoms with E-state index < -0.39 is 11.9 Å². The summed E-state index contributed by atoms with van der Waals surface area (Å²) in [7, 11) is 2.94. The van der Waals surface area contributed by atoms with E-state index in [4.69, 9.17) is 20.3 Å². The first-order chi connectivity index (χ1) is 7.96. The molecular formula is C12H21NO4. The van der Waals surface area contributed by atoms with Crippen LogP contribution in [-0.2, 0) is 9.47 Å². The van der Waals surface area contributed by atoms with Crippen LogP contribution >= 0.6 is 0 Å². The molecule has 4 N–H and O–H groups in total. The lowest BCUT2D eigenvalue weighted by Crippen LogP contribution is -2.46. The molecule has 0 heterocycles. The van der Waals surface area contributed by atoms with Crippen LogP contribution in [-0.4, -0.2) is 49.0 Å². The standard InChI is InChI=1S/C12H21NO4/c1-8-4-9(5-10(13)7-14)6-12(15,17-3)11(8)16-2/h4,6,10-11,14-15H,5,7,13H2,1-3H3/t10?,11?,12-/m0/s1. The first kappa shape index (κ1) is 14.3. The van der Waals surface area contributed by atoms with E-state index >= 15 is 0 Å². The fraction of sp³-hybridized carbons (Fsp3) is 0.667. The van der Waals surface area contributed by atoms with E-state index in [1.165, 1.54) is 14.2 Å². The van der Waals surface area contributed by atoms with Gasteiger partial charge in [0.25, 0.3) is 0 Å². The summed E-state index contributed by atoms with van der Waals surface area (Å²) in [6.07, 6.45) is 3.44. The van der Waals surface area contributed by atoms with Gasteiger partial charge in [0.2, 0.25) is 5.79 Å². The lowest BCUT2D eigenvalue weighted by Gasteiger charge is -2.35. The first-order valence-corrected chi connectivity index (χ1v) is 5.53. The molecule has 0 fully saturated rings. The predicted molar refractivity (Wildman–Crippen MR) is 64.3 cm³/mol. The van der Waals surface area contributed by atoms with Gasteiger partial charge in [-0.15, -0.1) is 0 Å². The third kappa shape index (κ3) is 3.14. The third-order valence-electron chi connectivity index (χ3n) is 2.89. The molecule has 0 bridgehead atoms. The summed E-state index contributed by atoms with van der Waals surface area (Å²) in [5, 5.41) is 19.2. The van der Waals surface area contributed by atoms with E-state index in [0.29, 0.717) is 6.42 Å². The Morgan fingerprint density at radius 2 is 2.18 bits per heavy atom. The van der Waals surface area contributed by atoms with Crippen LogP contribution in [0.2, 0.25) is 0 Å². The lowest BCUT2D eigenvalue weighted by molar-refractivity contribution is -0.206. The molecule has 0 aromatic rings.